The molecule has 1 unspecified atom stereocenters. The van der Waals surface area contributed by atoms with Crippen molar-refractivity contribution in [3.8, 4) is 0 Å². The molecule has 4 nitrogen and oxygen atoms in total. The minimum absolute atomic E-state index is 0.142. The van der Waals surface area contributed by atoms with Crippen LogP contribution in [0.25, 0.3) is 0 Å². The second kappa shape index (κ2) is 5.77. The van der Waals surface area contributed by atoms with Gasteiger partial charge in [-0.25, -0.2) is 0 Å². The predicted molar refractivity (Wildman–Crippen MR) is 66.4 cm³/mol. The lowest BCUT2D eigenvalue weighted by Crippen LogP contribution is -2.14. The number of carbonyl (C=O) groups is 1. The molecule has 0 aliphatic carbocycles. The molecule has 0 spiro atoms. The number of primary amides is 1. The van der Waals surface area contributed by atoms with E-state index in [1.807, 2.05) is 13.0 Å². The first-order chi connectivity index (χ1) is 7.56. The summed E-state index contributed by atoms with van der Waals surface area (Å²) < 4.78 is 0. The third-order valence-corrected chi connectivity index (χ3v) is 3.44. The summed E-state index contributed by atoms with van der Waals surface area (Å²) in [6, 6.07) is 5.21. The van der Waals surface area contributed by atoms with E-state index in [1.165, 1.54) is 11.8 Å². The molecule has 0 aliphatic rings. The number of amides is 1. The van der Waals surface area contributed by atoms with E-state index in [4.69, 9.17) is 16.6 Å². The van der Waals surface area contributed by atoms with Crippen molar-refractivity contribution in [2.24, 2.45) is 5.73 Å². The number of nitrogen functional groups attached to an aromatic ring is 1. The summed E-state index contributed by atoms with van der Waals surface area (Å²) in [5.41, 5.74) is 11.8. The van der Waals surface area contributed by atoms with E-state index >= 15 is 0 Å². The van der Waals surface area contributed by atoms with E-state index in [0.29, 0.717) is 17.7 Å². The number of aliphatic hydroxyl groups is 1. The van der Waals surface area contributed by atoms with E-state index in [1.54, 1.807) is 12.1 Å². The number of thioether (sulfide) groups is 1. The summed E-state index contributed by atoms with van der Waals surface area (Å²) in [5.74, 6) is -0.519. The quantitative estimate of drug-likeness (QED) is 0.533. The molecule has 0 radical (unpaired) electrons. The van der Waals surface area contributed by atoms with Crippen LogP contribution in [-0.2, 0) is 0 Å². The van der Waals surface area contributed by atoms with Crippen LogP contribution < -0.4 is 11.5 Å². The summed E-state index contributed by atoms with van der Waals surface area (Å²) >= 11 is 1.53. The van der Waals surface area contributed by atoms with Gasteiger partial charge >= 0.3 is 0 Å². The molecule has 88 valence electrons. The zero-order chi connectivity index (χ0) is 12.1. The lowest BCUT2D eigenvalue weighted by atomic mass is 10.2. The average molecular weight is 240 g/mol. The van der Waals surface area contributed by atoms with Gasteiger partial charge in [-0.2, -0.15) is 0 Å². The van der Waals surface area contributed by atoms with Gasteiger partial charge in [-0.1, -0.05) is 13.0 Å². The van der Waals surface area contributed by atoms with Gasteiger partial charge in [0.1, 0.15) is 0 Å². The van der Waals surface area contributed by atoms with E-state index in [9.17, 15) is 4.79 Å². The molecule has 1 atom stereocenters. The molecule has 5 heteroatoms. The molecule has 1 amide bonds. The minimum Gasteiger partial charge on any atom is -0.397 e. The molecule has 0 saturated carbocycles. The zero-order valence-electron chi connectivity index (χ0n) is 9.14. The SMILES string of the molecule is CC(CCO)Sc1cccc(C(N)=O)c1N. The molecule has 1 aromatic rings. The van der Waals surface area contributed by atoms with Crippen LogP contribution in [0.15, 0.2) is 23.1 Å². The molecular weight excluding hydrogens is 224 g/mol. The summed E-state index contributed by atoms with van der Waals surface area (Å²) in [7, 11) is 0. The van der Waals surface area contributed by atoms with Crippen molar-refractivity contribution in [2.45, 2.75) is 23.5 Å². The summed E-state index contributed by atoms with van der Waals surface area (Å²) in [6.07, 6.45) is 0.685. The van der Waals surface area contributed by atoms with Crippen molar-refractivity contribution < 1.29 is 9.90 Å². The van der Waals surface area contributed by atoms with Crippen molar-refractivity contribution >= 4 is 23.4 Å². The first-order valence-corrected chi connectivity index (χ1v) is 5.90. The van der Waals surface area contributed by atoms with Crippen molar-refractivity contribution in [3.05, 3.63) is 23.8 Å². The van der Waals surface area contributed by atoms with E-state index in [2.05, 4.69) is 0 Å². The Kier molecular flexibility index (Phi) is 4.64. The highest BCUT2D eigenvalue weighted by atomic mass is 32.2. The van der Waals surface area contributed by atoms with Crippen molar-refractivity contribution in [2.75, 3.05) is 12.3 Å². The number of hydrogen-bond donors (Lipinski definition) is 3. The van der Waals surface area contributed by atoms with Gasteiger partial charge in [0.15, 0.2) is 0 Å². The molecule has 0 aliphatic heterocycles. The van der Waals surface area contributed by atoms with Crippen LogP contribution in [-0.4, -0.2) is 22.9 Å². The van der Waals surface area contributed by atoms with Gasteiger partial charge in [-0.15, -0.1) is 11.8 Å². The van der Waals surface area contributed by atoms with Gasteiger partial charge < -0.3 is 16.6 Å². The molecule has 0 heterocycles. The Morgan fingerprint density at radius 3 is 2.81 bits per heavy atom. The van der Waals surface area contributed by atoms with Crippen LogP contribution in [0.2, 0.25) is 0 Å². The molecule has 1 aromatic carbocycles. The summed E-state index contributed by atoms with van der Waals surface area (Å²) in [4.78, 5) is 11.9. The number of hydrogen-bond acceptors (Lipinski definition) is 4. The molecule has 1 rings (SSSR count). The Balaban J connectivity index is 2.89. The Morgan fingerprint density at radius 1 is 1.56 bits per heavy atom. The van der Waals surface area contributed by atoms with Crippen LogP contribution in [0.1, 0.15) is 23.7 Å². The average Bonchev–Trinajstić information content (AvgIpc) is 2.21. The van der Waals surface area contributed by atoms with E-state index in [0.717, 1.165) is 4.90 Å². The Labute approximate surface area is 99.0 Å². The van der Waals surface area contributed by atoms with Gasteiger partial charge in [0, 0.05) is 16.8 Å². The number of benzene rings is 1. The molecule has 16 heavy (non-hydrogen) atoms. The predicted octanol–water partition coefficient (Wildman–Crippen LogP) is 1.23. The zero-order valence-corrected chi connectivity index (χ0v) is 9.96. The van der Waals surface area contributed by atoms with Gasteiger partial charge in [0.25, 0.3) is 5.91 Å². The van der Waals surface area contributed by atoms with E-state index < -0.39 is 5.91 Å². The number of carbonyl (C=O) groups excluding carboxylic acids is 1. The van der Waals surface area contributed by atoms with Gasteiger partial charge in [-0.05, 0) is 18.6 Å². The number of aliphatic hydroxyl groups excluding tert-OH is 1. The maximum atomic E-state index is 11.1. The minimum atomic E-state index is -0.519. The second-order valence-electron chi connectivity index (χ2n) is 3.52. The molecule has 0 bridgehead atoms. The number of anilines is 1. The highest BCUT2D eigenvalue weighted by Gasteiger charge is 2.12. The normalized spacial score (nSPS) is 12.4. The molecule has 0 saturated heterocycles. The topological polar surface area (TPSA) is 89.3 Å². The lowest BCUT2D eigenvalue weighted by Gasteiger charge is -2.12. The maximum Gasteiger partial charge on any atom is 0.250 e. The van der Waals surface area contributed by atoms with Gasteiger partial charge in [0.05, 0.1) is 11.3 Å². The Bertz CT molecular complexity index is 382. The van der Waals surface area contributed by atoms with Gasteiger partial charge in [0.2, 0.25) is 0 Å². The largest absolute Gasteiger partial charge is 0.397 e. The lowest BCUT2D eigenvalue weighted by molar-refractivity contribution is 0.100. The number of nitrogens with two attached hydrogens (primary N) is 2. The first kappa shape index (κ1) is 12.9. The monoisotopic (exact) mass is 240 g/mol. The fourth-order valence-electron chi connectivity index (χ4n) is 1.32. The van der Waals surface area contributed by atoms with Crippen molar-refractivity contribution in [1.29, 1.82) is 0 Å². The highest BCUT2D eigenvalue weighted by Crippen LogP contribution is 2.31. The molecule has 0 aromatic heterocycles. The van der Waals surface area contributed by atoms with E-state index in [-0.39, 0.29) is 11.9 Å². The second-order valence-corrected chi connectivity index (χ2v) is 5.00. The smallest absolute Gasteiger partial charge is 0.250 e. The third-order valence-electron chi connectivity index (χ3n) is 2.20. The maximum absolute atomic E-state index is 11.1. The first-order valence-electron chi connectivity index (χ1n) is 5.02. The Morgan fingerprint density at radius 2 is 2.25 bits per heavy atom. The van der Waals surface area contributed by atoms with Gasteiger partial charge in [-0.3, -0.25) is 4.79 Å². The van der Waals surface area contributed by atoms with Crippen LogP contribution in [0.3, 0.4) is 0 Å². The van der Waals surface area contributed by atoms with Crippen molar-refractivity contribution in [1.82, 2.24) is 0 Å². The Hall–Kier alpha value is -1.20. The van der Waals surface area contributed by atoms with Crippen LogP contribution in [0.5, 0.6) is 0 Å². The number of para-hydroxylation sites is 1. The van der Waals surface area contributed by atoms with Crippen LogP contribution in [0.4, 0.5) is 5.69 Å². The summed E-state index contributed by atoms with van der Waals surface area (Å²) in [5, 5.41) is 9.05. The van der Waals surface area contributed by atoms with Crippen molar-refractivity contribution in [3.63, 3.8) is 0 Å². The fourth-order valence-corrected chi connectivity index (χ4v) is 2.37. The fraction of sp³-hybridized carbons (Fsp3) is 0.364. The standard InChI is InChI=1S/C11H16N2O2S/c1-7(5-6-14)16-9-4-2-3-8(10(9)12)11(13)15/h2-4,7,14H,5-6,12H2,1H3,(H2,13,15). The molecule has 0 fully saturated rings. The molecular formula is C11H16N2O2S. The highest BCUT2D eigenvalue weighted by molar-refractivity contribution is 8.00. The number of rotatable bonds is 5. The summed E-state index contributed by atoms with van der Waals surface area (Å²) in [6.45, 7) is 2.14. The van der Waals surface area contributed by atoms with Crippen LogP contribution >= 0.6 is 11.8 Å². The third kappa shape index (κ3) is 3.15. The van der Waals surface area contributed by atoms with Crippen LogP contribution in [0, 0.1) is 0 Å². The molecule has 5 N–H and O–H groups in total.